The van der Waals surface area contributed by atoms with Crippen LogP contribution in [0.15, 0.2) is 101 Å². The lowest BCUT2D eigenvalue weighted by molar-refractivity contribution is 0.337. The van der Waals surface area contributed by atoms with Gasteiger partial charge in [-0.15, -0.1) is 0 Å². The van der Waals surface area contributed by atoms with Crippen LogP contribution in [0.1, 0.15) is 22.3 Å². The molecule has 0 saturated heterocycles. The molecule has 0 amide bonds. The third kappa shape index (κ3) is 4.71. The van der Waals surface area contributed by atoms with Crippen molar-refractivity contribution >= 4 is 54.6 Å². The molecule has 2 N–H and O–H groups in total. The summed E-state index contributed by atoms with van der Waals surface area (Å²) < 4.78 is 5.69. The van der Waals surface area contributed by atoms with Gasteiger partial charge in [-0.2, -0.15) is 0 Å². The fraction of sp³-hybridized carbons (Fsp3) is 0.0714. The van der Waals surface area contributed by atoms with E-state index in [0.717, 1.165) is 38.7 Å². The van der Waals surface area contributed by atoms with Crippen LogP contribution in [-0.2, 0) is 4.52 Å². The Labute approximate surface area is 215 Å². The van der Waals surface area contributed by atoms with Crippen LogP contribution in [0.25, 0.3) is 5.57 Å². The number of fused-ring (bicyclic) bond motifs is 2. The number of rotatable bonds is 5. The van der Waals surface area contributed by atoms with E-state index in [1.54, 1.807) is 12.1 Å². The quantitative estimate of drug-likeness (QED) is 0.138. The van der Waals surface area contributed by atoms with E-state index in [1.807, 2.05) is 48.5 Å². The van der Waals surface area contributed by atoms with Gasteiger partial charge in [0.25, 0.3) is 0 Å². The number of thioether (sulfide) groups is 1. The molecule has 1 heterocycles. The summed E-state index contributed by atoms with van der Waals surface area (Å²) in [4.78, 5) is 22.9. The molecule has 5 rings (SSSR count). The van der Waals surface area contributed by atoms with Crippen LogP contribution >= 0.6 is 32.0 Å². The zero-order valence-corrected chi connectivity index (χ0v) is 21.6. The zero-order valence-electron chi connectivity index (χ0n) is 19.1. The van der Waals surface area contributed by atoms with Crippen molar-refractivity contribution in [2.45, 2.75) is 18.7 Å². The predicted molar refractivity (Wildman–Crippen MR) is 146 cm³/mol. The van der Waals surface area contributed by atoms with Crippen LogP contribution in [0, 0.1) is 13.8 Å². The third-order valence-electron chi connectivity index (χ3n) is 5.88. The maximum atomic E-state index is 9.89. The Kier molecular flexibility index (Phi) is 6.88. The van der Waals surface area contributed by atoms with Crippen molar-refractivity contribution in [3.63, 3.8) is 0 Å². The van der Waals surface area contributed by atoms with Crippen LogP contribution in [0.5, 0.6) is 0 Å². The Morgan fingerprint density at radius 1 is 0.771 bits per heavy atom. The summed E-state index contributed by atoms with van der Waals surface area (Å²) in [6, 6.07) is 30.0. The normalized spacial score (nSPS) is 12.4. The molecule has 0 unspecified atom stereocenters. The lowest BCUT2D eigenvalue weighted by Crippen LogP contribution is -2.20. The minimum absolute atomic E-state index is 0.421. The first kappa shape index (κ1) is 23.9. The minimum Gasteiger partial charge on any atom is -0.419 e. The molecule has 4 nitrogen and oxygen atoms in total. The second kappa shape index (κ2) is 10.1. The monoisotopic (exact) mass is 519 g/mol. The summed E-state index contributed by atoms with van der Waals surface area (Å²) in [6.45, 7) is 4.24. The lowest BCUT2D eigenvalue weighted by atomic mass is 9.89. The van der Waals surface area contributed by atoms with Gasteiger partial charge in [-0.25, -0.2) is 0 Å². The van der Waals surface area contributed by atoms with Crippen molar-refractivity contribution in [3.8, 4) is 0 Å². The summed E-state index contributed by atoms with van der Waals surface area (Å²) >= 11 is 7.42. The van der Waals surface area contributed by atoms with E-state index in [1.165, 1.54) is 22.9 Å². The number of hydrogen-bond acceptors (Lipinski definition) is 5. The molecular formula is C28H23ClNO3PS. The highest BCUT2D eigenvalue weighted by Gasteiger charge is 2.32. The molecule has 0 aliphatic carbocycles. The first-order valence-electron chi connectivity index (χ1n) is 11.0. The van der Waals surface area contributed by atoms with E-state index in [4.69, 9.17) is 16.1 Å². The topological polar surface area (TPSA) is 52.9 Å². The highest BCUT2D eigenvalue weighted by molar-refractivity contribution is 8.03. The van der Waals surface area contributed by atoms with Crippen molar-refractivity contribution in [2.24, 2.45) is 0 Å². The number of aryl methyl sites for hydroxylation is 2. The number of anilines is 3. The van der Waals surface area contributed by atoms with Gasteiger partial charge in [-0.3, -0.25) is 0 Å². The molecule has 0 bridgehead atoms. The van der Waals surface area contributed by atoms with Gasteiger partial charge in [-0.1, -0.05) is 78.0 Å². The van der Waals surface area contributed by atoms with Gasteiger partial charge in [0.2, 0.25) is 0 Å². The molecule has 0 spiro atoms. The fourth-order valence-corrected chi connectivity index (χ4v) is 5.98. The van der Waals surface area contributed by atoms with Gasteiger partial charge >= 0.3 is 8.60 Å². The molecule has 176 valence electrons. The van der Waals surface area contributed by atoms with E-state index in [-0.39, 0.29) is 0 Å². The van der Waals surface area contributed by atoms with Crippen molar-refractivity contribution < 1.29 is 14.3 Å². The molecule has 1 aliphatic rings. The number of nitrogens with zero attached hydrogens (tertiary/aromatic N) is 1. The molecule has 0 fully saturated rings. The van der Waals surface area contributed by atoms with Crippen LogP contribution in [0.4, 0.5) is 17.1 Å². The zero-order chi connectivity index (χ0) is 24.5. The average molecular weight is 520 g/mol. The molecule has 35 heavy (non-hydrogen) atoms. The second-order valence-corrected chi connectivity index (χ2v) is 10.3. The summed E-state index contributed by atoms with van der Waals surface area (Å²) in [5.74, 6) is 0. The summed E-state index contributed by atoms with van der Waals surface area (Å²) in [7, 11) is -2.63. The molecule has 0 radical (unpaired) electrons. The fourth-order valence-electron chi connectivity index (χ4n) is 4.45. The molecule has 0 saturated carbocycles. The van der Waals surface area contributed by atoms with Crippen LogP contribution in [0.2, 0.25) is 5.02 Å². The van der Waals surface area contributed by atoms with Gasteiger partial charge in [0.05, 0.1) is 17.1 Å². The Balaban J connectivity index is 1.79. The molecule has 1 aliphatic heterocycles. The average Bonchev–Trinajstić information content (AvgIpc) is 2.84. The van der Waals surface area contributed by atoms with E-state index < -0.39 is 8.60 Å². The van der Waals surface area contributed by atoms with Crippen molar-refractivity contribution in [2.75, 3.05) is 4.90 Å². The van der Waals surface area contributed by atoms with Crippen molar-refractivity contribution in [3.05, 3.63) is 123 Å². The maximum absolute atomic E-state index is 9.89. The summed E-state index contributed by atoms with van der Waals surface area (Å²) in [6.07, 6.45) is 0. The summed E-state index contributed by atoms with van der Waals surface area (Å²) in [5, 5.41) is 1.05. The first-order valence-corrected chi connectivity index (χ1v) is 13.4. The Hall–Kier alpha value is -2.79. The van der Waals surface area contributed by atoms with E-state index in [2.05, 4.69) is 49.1 Å². The molecule has 4 aromatic carbocycles. The van der Waals surface area contributed by atoms with Crippen LogP contribution in [0.3, 0.4) is 0 Å². The van der Waals surface area contributed by atoms with Gasteiger partial charge in [-0.05, 0) is 61.4 Å². The van der Waals surface area contributed by atoms with Gasteiger partial charge in [0.15, 0.2) is 5.09 Å². The minimum atomic E-state index is -2.63. The Morgan fingerprint density at radius 3 is 1.86 bits per heavy atom. The molecule has 7 heteroatoms. The van der Waals surface area contributed by atoms with Crippen LogP contribution < -0.4 is 4.90 Å². The highest BCUT2D eigenvalue weighted by Crippen LogP contribution is 2.54. The third-order valence-corrected chi connectivity index (χ3v) is 7.59. The second-order valence-electron chi connectivity index (χ2n) is 8.17. The first-order chi connectivity index (χ1) is 16.9. The lowest BCUT2D eigenvalue weighted by Gasteiger charge is -2.37. The van der Waals surface area contributed by atoms with Gasteiger partial charge in [0, 0.05) is 26.6 Å². The predicted octanol–water partition coefficient (Wildman–Crippen LogP) is 8.48. The Bertz CT molecular complexity index is 1350. The summed E-state index contributed by atoms with van der Waals surface area (Å²) in [5.41, 5.74) is 8.17. The molecule has 0 aromatic heterocycles. The van der Waals surface area contributed by atoms with Crippen molar-refractivity contribution in [1.29, 1.82) is 0 Å². The van der Waals surface area contributed by atoms with Gasteiger partial charge < -0.3 is 19.2 Å². The Morgan fingerprint density at radius 2 is 1.31 bits per heavy atom. The van der Waals surface area contributed by atoms with Crippen molar-refractivity contribution in [1.82, 2.24) is 0 Å². The standard InChI is InChI=1S/C28H23ClNO3PS/c1-18-8-7-9-19(2)27(18)30-24-12-5-3-10-22(24)26(23-11-4-6-13-25(23)30)28(33-34(31)32)35-21-16-14-20(29)15-17-21/h3-17,31-32H,1-2H3. The number of hydrogen-bond donors (Lipinski definition) is 2. The molecule has 4 aromatic rings. The van der Waals surface area contributed by atoms with E-state index >= 15 is 0 Å². The smallest absolute Gasteiger partial charge is 0.392 e. The molecule has 0 atom stereocenters. The largest absolute Gasteiger partial charge is 0.419 e. The number of halogens is 1. The van der Waals surface area contributed by atoms with E-state index in [0.29, 0.717) is 10.1 Å². The number of para-hydroxylation sites is 3. The highest BCUT2D eigenvalue weighted by atomic mass is 35.5. The SMILES string of the molecule is Cc1cccc(C)c1N1c2ccccc2C(=C(OP(O)O)Sc2ccc(Cl)cc2)c2ccccc21. The van der Waals surface area contributed by atoms with Gasteiger partial charge in [0.1, 0.15) is 0 Å². The van der Waals surface area contributed by atoms with E-state index in [9.17, 15) is 9.79 Å². The molecular weight excluding hydrogens is 497 g/mol. The maximum Gasteiger partial charge on any atom is 0.392 e. The van der Waals surface area contributed by atoms with Crippen LogP contribution in [-0.4, -0.2) is 9.79 Å². The number of benzene rings is 4.